The zero-order chi connectivity index (χ0) is 23.1. The first-order valence-electron chi connectivity index (χ1n) is 10.4. The van der Waals surface area contributed by atoms with Gasteiger partial charge in [0.15, 0.2) is 5.82 Å². The fourth-order valence-corrected chi connectivity index (χ4v) is 3.53. The van der Waals surface area contributed by atoms with E-state index in [2.05, 4.69) is 25.1 Å². The molecule has 1 aliphatic heterocycles. The van der Waals surface area contributed by atoms with Gasteiger partial charge in [-0.2, -0.15) is 5.10 Å². The summed E-state index contributed by atoms with van der Waals surface area (Å²) >= 11 is 0. The Morgan fingerprint density at radius 3 is 2.38 bits per heavy atom. The van der Waals surface area contributed by atoms with Crippen molar-refractivity contribution in [2.45, 2.75) is 57.8 Å². The van der Waals surface area contributed by atoms with Crippen molar-refractivity contribution in [3.8, 4) is 0 Å². The van der Waals surface area contributed by atoms with Crippen molar-refractivity contribution in [3.63, 3.8) is 0 Å². The van der Waals surface area contributed by atoms with Gasteiger partial charge in [0.2, 0.25) is 0 Å². The van der Waals surface area contributed by atoms with Gasteiger partial charge in [0, 0.05) is 18.9 Å². The van der Waals surface area contributed by atoms with Gasteiger partial charge in [-0.15, -0.1) is 0 Å². The molecule has 0 bridgehead atoms. The normalized spacial score (nSPS) is 16.7. The molecule has 11 nitrogen and oxygen atoms in total. The monoisotopic (exact) mass is 442 g/mol. The van der Waals surface area contributed by atoms with Crippen LogP contribution in [0.1, 0.15) is 65.8 Å². The van der Waals surface area contributed by atoms with Crippen LogP contribution in [0, 0.1) is 0 Å². The molecule has 2 amide bonds. The topological polar surface area (TPSA) is 129 Å². The van der Waals surface area contributed by atoms with Crippen LogP contribution in [0.5, 0.6) is 0 Å². The summed E-state index contributed by atoms with van der Waals surface area (Å²) in [5.41, 5.74) is 0.0102. The SMILES string of the molecule is COC(=O)c1cnc(C2(NC(=O)c3cnn4c3CN(C(=O)OC(C)(C)C)CC4)CC2)nc1. The highest BCUT2D eigenvalue weighted by Crippen LogP contribution is 2.44. The maximum Gasteiger partial charge on any atom is 0.410 e. The Morgan fingerprint density at radius 2 is 1.78 bits per heavy atom. The van der Waals surface area contributed by atoms with Crippen molar-refractivity contribution in [1.29, 1.82) is 0 Å². The molecular formula is C21H26N6O5. The molecule has 0 unspecified atom stereocenters. The Bertz CT molecular complexity index is 1050. The maximum atomic E-state index is 13.1. The first-order chi connectivity index (χ1) is 15.1. The zero-order valence-electron chi connectivity index (χ0n) is 18.5. The molecule has 0 atom stereocenters. The van der Waals surface area contributed by atoms with Gasteiger partial charge in [-0.05, 0) is 33.6 Å². The zero-order valence-corrected chi connectivity index (χ0v) is 18.5. The molecule has 1 aliphatic carbocycles. The Labute approximate surface area is 185 Å². The lowest BCUT2D eigenvalue weighted by Gasteiger charge is -2.30. The third-order valence-electron chi connectivity index (χ3n) is 5.37. The minimum atomic E-state index is -0.680. The summed E-state index contributed by atoms with van der Waals surface area (Å²) in [5.74, 6) is -0.392. The number of aromatic nitrogens is 4. The van der Waals surface area contributed by atoms with Gasteiger partial charge < -0.3 is 19.7 Å². The quantitative estimate of drug-likeness (QED) is 0.708. The average molecular weight is 442 g/mol. The van der Waals surface area contributed by atoms with Crippen LogP contribution in [-0.2, 0) is 28.1 Å². The second kappa shape index (κ2) is 7.88. The number of esters is 1. The van der Waals surface area contributed by atoms with E-state index in [0.717, 1.165) is 0 Å². The third-order valence-corrected chi connectivity index (χ3v) is 5.37. The molecule has 0 saturated heterocycles. The molecule has 2 aliphatic rings. The average Bonchev–Trinajstić information content (AvgIpc) is 3.40. The van der Waals surface area contributed by atoms with Crippen LogP contribution in [0.25, 0.3) is 0 Å². The summed E-state index contributed by atoms with van der Waals surface area (Å²) in [4.78, 5) is 47.3. The van der Waals surface area contributed by atoms with Crippen LogP contribution >= 0.6 is 0 Å². The highest BCUT2D eigenvalue weighted by Gasteiger charge is 2.49. The van der Waals surface area contributed by atoms with Gasteiger partial charge in [-0.1, -0.05) is 0 Å². The summed E-state index contributed by atoms with van der Waals surface area (Å²) in [5, 5.41) is 7.32. The van der Waals surface area contributed by atoms with Crippen molar-refractivity contribution in [2.75, 3.05) is 13.7 Å². The van der Waals surface area contributed by atoms with E-state index in [0.29, 0.717) is 43.0 Å². The van der Waals surface area contributed by atoms with Crippen LogP contribution < -0.4 is 5.32 Å². The van der Waals surface area contributed by atoms with Crippen molar-refractivity contribution in [1.82, 2.24) is 30.0 Å². The van der Waals surface area contributed by atoms with Crippen molar-refractivity contribution in [3.05, 3.63) is 41.2 Å². The number of ether oxygens (including phenoxy) is 2. The number of hydrogen-bond donors (Lipinski definition) is 1. The maximum absolute atomic E-state index is 13.1. The van der Waals surface area contributed by atoms with Crippen LogP contribution in [0.4, 0.5) is 4.79 Å². The lowest BCUT2D eigenvalue weighted by Crippen LogP contribution is -2.42. The summed E-state index contributed by atoms with van der Waals surface area (Å²) in [6.07, 6.45) is 5.24. The van der Waals surface area contributed by atoms with E-state index in [1.807, 2.05) is 20.8 Å². The number of rotatable bonds is 4. The minimum Gasteiger partial charge on any atom is -0.465 e. The number of fused-ring (bicyclic) bond motifs is 1. The van der Waals surface area contributed by atoms with Crippen molar-refractivity contribution >= 4 is 18.0 Å². The predicted molar refractivity (Wildman–Crippen MR) is 111 cm³/mol. The Hall–Kier alpha value is -3.50. The van der Waals surface area contributed by atoms with E-state index in [4.69, 9.17) is 4.74 Å². The lowest BCUT2D eigenvalue weighted by atomic mass is 10.1. The summed E-state index contributed by atoms with van der Waals surface area (Å²) in [6, 6.07) is 0. The van der Waals surface area contributed by atoms with Gasteiger partial charge in [0.05, 0.1) is 43.2 Å². The van der Waals surface area contributed by atoms with E-state index in [9.17, 15) is 14.4 Å². The second-order valence-electron chi connectivity index (χ2n) is 8.95. The van der Waals surface area contributed by atoms with Crippen LogP contribution in [-0.4, -0.2) is 61.9 Å². The second-order valence-corrected chi connectivity index (χ2v) is 8.95. The molecule has 32 heavy (non-hydrogen) atoms. The fraction of sp³-hybridized carbons (Fsp3) is 0.524. The summed E-state index contributed by atoms with van der Waals surface area (Å²) in [6.45, 7) is 6.60. The molecule has 1 N–H and O–H groups in total. The number of methoxy groups -OCH3 is 1. The van der Waals surface area contributed by atoms with Gasteiger partial charge in [-0.3, -0.25) is 9.48 Å². The standard InChI is InChI=1S/C21H26N6O5/c1-20(2,3)32-19(30)26-7-8-27-15(12-26)14(11-24-27)16(28)25-21(5-6-21)18-22-9-13(10-23-18)17(29)31-4/h9-11H,5-8,12H2,1-4H3,(H,25,28). The first-order valence-corrected chi connectivity index (χ1v) is 10.4. The van der Waals surface area contributed by atoms with E-state index in [-0.39, 0.29) is 18.0 Å². The molecule has 0 aromatic carbocycles. The molecule has 0 spiro atoms. The molecule has 2 aromatic rings. The van der Waals surface area contributed by atoms with E-state index < -0.39 is 23.2 Å². The number of hydrogen-bond acceptors (Lipinski definition) is 8. The summed E-state index contributed by atoms with van der Waals surface area (Å²) < 4.78 is 11.9. The van der Waals surface area contributed by atoms with Gasteiger partial charge >= 0.3 is 12.1 Å². The molecular weight excluding hydrogens is 416 g/mol. The number of carbonyl (C=O) groups is 3. The van der Waals surface area contributed by atoms with E-state index in [1.54, 1.807) is 9.58 Å². The predicted octanol–water partition coefficient (Wildman–Crippen LogP) is 1.63. The van der Waals surface area contributed by atoms with Crippen LogP contribution in [0.15, 0.2) is 18.6 Å². The molecule has 2 aromatic heterocycles. The van der Waals surface area contributed by atoms with Gasteiger partial charge in [0.25, 0.3) is 5.91 Å². The van der Waals surface area contributed by atoms with Gasteiger partial charge in [-0.25, -0.2) is 19.6 Å². The number of nitrogens with one attached hydrogen (secondary N) is 1. The van der Waals surface area contributed by atoms with E-state index in [1.165, 1.54) is 25.7 Å². The molecule has 11 heteroatoms. The number of nitrogens with zero attached hydrogens (tertiary/aromatic N) is 5. The molecule has 1 saturated carbocycles. The number of amides is 2. The highest BCUT2D eigenvalue weighted by atomic mass is 16.6. The molecule has 4 rings (SSSR count). The minimum absolute atomic E-state index is 0.231. The molecule has 0 radical (unpaired) electrons. The lowest BCUT2D eigenvalue weighted by molar-refractivity contribution is 0.0192. The summed E-state index contributed by atoms with van der Waals surface area (Å²) in [7, 11) is 1.29. The molecule has 3 heterocycles. The molecule has 170 valence electrons. The largest absolute Gasteiger partial charge is 0.465 e. The van der Waals surface area contributed by atoms with Crippen molar-refractivity contribution < 1.29 is 23.9 Å². The van der Waals surface area contributed by atoms with Crippen LogP contribution in [0.3, 0.4) is 0 Å². The smallest absolute Gasteiger partial charge is 0.410 e. The first kappa shape index (κ1) is 21.7. The van der Waals surface area contributed by atoms with Crippen molar-refractivity contribution in [2.24, 2.45) is 0 Å². The number of carbonyl (C=O) groups excluding carboxylic acids is 3. The highest BCUT2D eigenvalue weighted by molar-refractivity contribution is 5.96. The third kappa shape index (κ3) is 4.27. The Kier molecular flexibility index (Phi) is 5.35. The Balaban J connectivity index is 1.48. The van der Waals surface area contributed by atoms with Crippen LogP contribution in [0.2, 0.25) is 0 Å². The fourth-order valence-electron chi connectivity index (χ4n) is 3.53. The molecule has 1 fully saturated rings. The van der Waals surface area contributed by atoms with E-state index >= 15 is 0 Å². The Morgan fingerprint density at radius 1 is 1.09 bits per heavy atom. The van der Waals surface area contributed by atoms with Gasteiger partial charge in [0.1, 0.15) is 11.1 Å².